The Bertz CT molecular complexity index is 475. The van der Waals surface area contributed by atoms with Gasteiger partial charge in [0, 0.05) is 24.7 Å². The van der Waals surface area contributed by atoms with Crippen LogP contribution in [-0.2, 0) is 17.3 Å². The van der Waals surface area contributed by atoms with Crippen molar-refractivity contribution in [2.75, 3.05) is 6.61 Å². The van der Waals surface area contributed by atoms with Gasteiger partial charge in [-0.2, -0.15) is 4.73 Å². The van der Waals surface area contributed by atoms with Crippen molar-refractivity contribution in [2.24, 2.45) is 5.92 Å². The van der Waals surface area contributed by atoms with Crippen molar-refractivity contribution in [3.8, 4) is 0 Å². The summed E-state index contributed by atoms with van der Waals surface area (Å²) in [5.74, 6) is 0.459. The smallest absolute Gasteiger partial charge is 0.196 e. The van der Waals surface area contributed by atoms with Gasteiger partial charge in [0.2, 0.25) is 0 Å². The van der Waals surface area contributed by atoms with Crippen LogP contribution in [0, 0.1) is 18.0 Å². The summed E-state index contributed by atoms with van der Waals surface area (Å²) >= 11 is 0. The van der Waals surface area contributed by atoms with Gasteiger partial charge in [-0.25, -0.2) is 0 Å². The standard InChI is InChI=1S/C16H27NO2Si/c1-12-7-8-17(18)15-10-13(9-14(12)15)11-19-20(5,6)16(2,3)4/h7-8,13H,9-11H2,1-6H3. The van der Waals surface area contributed by atoms with Gasteiger partial charge in [-0.3, -0.25) is 0 Å². The number of nitrogens with zero attached hydrogens (tertiary/aromatic N) is 1. The van der Waals surface area contributed by atoms with Gasteiger partial charge < -0.3 is 9.63 Å². The highest BCUT2D eigenvalue weighted by molar-refractivity contribution is 6.74. The molecule has 0 saturated heterocycles. The summed E-state index contributed by atoms with van der Waals surface area (Å²) in [7, 11) is -1.69. The lowest BCUT2D eigenvalue weighted by molar-refractivity contribution is -0.614. The van der Waals surface area contributed by atoms with E-state index in [1.807, 2.05) is 6.07 Å². The highest BCUT2D eigenvalue weighted by atomic mass is 28.4. The fraction of sp³-hybridized carbons (Fsp3) is 0.688. The molecule has 1 unspecified atom stereocenters. The molecule has 1 atom stereocenters. The summed E-state index contributed by atoms with van der Waals surface area (Å²) in [5.41, 5.74) is 3.43. The van der Waals surface area contributed by atoms with Gasteiger partial charge >= 0.3 is 0 Å². The van der Waals surface area contributed by atoms with Crippen LogP contribution in [-0.4, -0.2) is 14.9 Å². The normalized spacial score (nSPS) is 19.2. The molecular weight excluding hydrogens is 266 g/mol. The second-order valence-electron chi connectivity index (χ2n) is 7.60. The molecule has 0 bridgehead atoms. The average Bonchev–Trinajstić information content (AvgIpc) is 2.75. The third-order valence-corrected chi connectivity index (χ3v) is 9.51. The first-order valence-corrected chi connectivity index (χ1v) is 10.4. The first-order valence-electron chi connectivity index (χ1n) is 7.46. The van der Waals surface area contributed by atoms with Crippen molar-refractivity contribution in [3.63, 3.8) is 0 Å². The third kappa shape index (κ3) is 2.91. The van der Waals surface area contributed by atoms with E-state index >= 15 is 0 Å². The Hall–Kier alpha value is -0.873. The van der Waals surface area contributed by atoms with E-state index in [1.54, 1.807) is 6.20 Å². The Balaban J connectivity index is 2.03. The van der Waals surface area contributed by atoms with E-state index < -0.39 is 8.32 Å². The molecule has 0 N–H and O–H groups in total. The zero-order valence-corrected chi connectivity index (χ0v) is 14.6. The minimum atomic E-state index is -1.69. The minimum Gasteiger partial charge on any atom is -0.618 e. The molecule has 1 aliphatic carbocycles. The lowest BCUT2D eigenvalue weighted by atomic mass is 10.1. The molecular formula is C16H27NO2Si. The van der Waals surface area contributed by atoms with Gasteiger partial charge in [-0.1, -0.05) is 20.8 Å². The van der Waals surface area contributed by atoms with Crippen molar-refractivity contribution in [2.45, 2.75) is 58.7 Å². The monoisotopic (exact) mass is 293 g/mol. The van der Waals surface area contributed by atoms with E-state index in [-0.39, 0.29) is 5.04 Å². The van der Waals surface area contributed by atoms with Crippen molar-refractivity contribution in [1.82, 2.24) is 0 Å². The molecule has 2 rings (SSSR count). The van der Waals surface area contributed by atoms with Crippen LogP contribution in [0.4, 0.5) is 0 Å². The number of rotatable bonds is 3. The van der Waals surface area contributed by atoms with E-state index in [9.17, 15) is 5.21 Å². The van der Waals surface area contributed by atoms with Crippen LogP contribution >= 0.6 is 0 Å². The Kier molecular flexibility index (Phi) is 4.00. The predicted octanol–water partition coefficient (Wildman–Crippen LogP) is 3.37. The van der Waals surface area contributed by atoms with E-state index in [0.29, 0.717) is 5.92 Å². The van der Waals surface area contributed by atoms with Gasteiger partial charge in [0.1, 0.15) is 0 Å². The Morgan fingerprint density at radius 2 is 2.00 bits per heavy atom. The van der Waals surface area contributed by atoms with Crippen LogP contribution in [0.25, 0.3) is 0 Å². The van der Waals surface area contributed by atoms with Crippen molar-refractivity contribution >= 4 is 8.32 Å². The lowest BCUT2D eigenvalue weighted by Gasteiger charge is -2.36. The van der Waals surface area contributed by atoms with Gasteiger partial charge in [0.15, 0.2) is 20.2 Å². The van der Waals surface area contributed by atoms with Gasteiger partial charge in [-0.05, 0) is 43.0 Å². The fourth-order valence-corrected chi connectivity index (χ4v) is 3.60. The largest absolute Gasteiger partial charge is 0.618 e. The second-order valence-corrected chi connectivity index (χ2v) is 12.4. The van der Waals surface area contributed by atoms with Crippen molar-refractivity contribution in [1.29, 1.82) is 0 Å². The second kappa shape index (κ2) is 5.15. The molecule has 0 amide bonds. The van der Waals surface area contributed by atoms with Crippen molar-refractivity contribution in [3.05, 3.63) is 34.3 Å². The van der Waals surface area contributed by atoms with Crippen LogP contribution in [0.5, 0.6) is 0 Å². The predicted molar refractivity (Wildman–Crippen MR) is 84.2 cm³/mol. The third-order valence-electron chi connectivity index (χ3n) is 5.01. The van der Waals surface area contributed by atoms with E-state index in [1.165, 1.54) is 11.1 Å². The average molecular weight is 293 g/mol. The maximum absolute atomic E-state index is 11.9. The summed E-state index contributed by atoms with van der Waals surface area (Å²) in [5, 5.41) is 12.1. The first-order chi connectivity index (χ1) is 9.12. The summed E-state index contributed by atoms with van der Waals surface area (Å²) in [6.45, 7) is 14.2. The summed E-state index contributed by atoms with van der Waals surface area (Å²) in [6.07, 6.45) is 3.47. The molecule has 112 valence electrons. The van der Waals surface area contributed by atoms with Crippen LogP contribution in [0.1, 0.15) is 37.6 Å². The summed E-state index contributed by atoms with van der Waals surface area (Å²) in [4.78, 5) is 0. The molecule has 3 nitrogen and oxygen atoms in total. The molecule has 0 spiro atoms. The highest BCUT2D eigenvalue weighted by Gasteiger charge is 2.38. The number of aromatic nitrogens is 1. The Morgan fingerprint density at radius 1 is 1.35 bits per heavy atom. The van der Waals surface area contributed by atoms with Gasteiger partial charge in [0.05, 0.1) is 0 Å². The van der Waals surface area contributed by atoms with Gasteiger partial charge in [-0.15, -0.1) is 0 Å². The molecule has 1 aromatic rings. The molecule has 1 aromatic heterocycles. The molecule has 0 radical (unpaired) electrons. The number of fused-ring (bicyclic) bond motifs is 1. The van der Waals surface area contributed by atoms with Crippen LogP contribution in [0.2, 0.25) is 18.1 Å². The Labute approximate surface area is 123 Å². The molecule has 20 heavy (non-hydrogen) atoms. The molecule has 1 heterocycles. The van der Waals surface area contributed by atoms with E-state index in [4.69, 9.17) is 4.43 Å². The summed E-state index contributed by atoms with van der Waals surface area (Å²) < 4.78 is 7.35. The number of aryl methyl sites for hydroxylation is 1. The van der Waals surface area contributed by atoms with E-state index in [2.05, 4.69) is 40.8 Å². The number of hydrogen-bond donors (Lipinski definition) is 0. The maximum atomic E-state index is 11.9. The quantitative estimate of drug-likeness (QED) is 0.487. The Morgan fingerprint density at radius 3 is 2.55 bits per heavy atom. The lowest BCUT2D eigenvalue weighted by Crippen LogP contribution is -2.42. The maximum Gasteiger partial charge on any atom is 0.196 e. The van der Waals surface area contributed by atoms with Gasteiger partial charge in [0.25, 0.3) is 0 Å². The molecule has 1 aliphatic rings. The number of pyridine rings is 1. The van der Waals surface area contributed by atoms with E-state index in [0.717, 1.165) is 29.9 Å². The molecule has 4 heteroatoms. The number of hydrogen-bond acceptors (Lipinski definition) is 2. The molecule has 0 aliphatic heterocycles. The zero-order valence-electron chi connectivity index (χ0n) is 13.6. The van der Waals surface area contributed by atoms with Crippen LogP contribution < -0.4 is 4.73 Å². The van der Waals surface area contributed by atoms with Crippen LogP contribution in [0.3, 0.4) is 0 Å². The fourth-order valence-electron chi connectivity index (χ4n) is 2.52. The SMILES string of the molecule is Cc1cc[n+]([O-])c2c1CC(CO[Si](C)(C)C(C)(C)C)C2. The first kappa shape index (κ1) is 15.5. The zero-order chi connectivity index (χ0) is 15.1. The highest BCUT2D eigenvalue weighted by Crippen LogP contribution is 2.37. The molecule has 0 fully saturated rings. The molecule has 0 aromatic carbocycles. The topological polar surface area (TPSA) is 36.2 Å². The minimum absolute atomic E-state index is 0.243. The summed E-state index contributed by atoms with van der Waals surface area (Å²) in [6, 6.07) is 1.92. The van der Waals surface area contributed by atoms with Crippen molar-refractivity contribution < 1.29 is 9.16 Å². The molecule has 0 saturated carbocycles. The van der Waals surface area contributed by atoms with Crippen LogP contribution in [0.15, 0.2) is 12.3 Å².